The number of carbonyl (C=O) groups is 1. The number of nitrogens with two attached hydrogens (primary N) is 1. The lowest BCUT2D eigenvalue weighted by Gasteiger charge is -2.08. The number of nitrogens with one attached hydrogen (secondary N) is 2. The second kappa shape index (κ2) is 7.98. The van der Waals surface area contributed by atoms with Crippen LogP contribution >= 0.6 is 12.4 Å². The smallest absolute Gasteiger partial charge is 0.229 e. The van der Waals surface area contributed by atoms with Gasteiger partial charge in [-0.25, -0.2) is 8.42 Å². The van der Waals surface area contributed by atoms with Crippen LogP contribution in [0.5, 0.6) is 0 Å². The maximum atomic E-state index is 11.5. The van der Waals surface area contributed by atoms with E-state index in [0.717, 1.165) is 6.26 Å². The Kier molecular flexibility index (Phi) is 7.43. The molecule has 1 rings (SSSR count). The molecular formula is C11H18ClN3O3S. The van der Waals surface area contributed by atoms with Gasteiger partial charge in [0.2, 0.25) is 15.9 Å². The quantitative estimate of drug-likeness (QED) is 0.734. The van der Waals surface area contributed by atoms with E-state index < -0.39 is 10.0 Å². The predicted molar refractivity (Wildman–Crippen MR) is 79.1 cm³/mol. The zero-order valence-corrected chi connectivity index (χ0v) is 12.2. The van der Waals surface area contributed by atoms with E-state index in [4.69, 9.17) is 5.73 Å². The monoisotopic (exact) mass is 307 g/mol. The van der Waals surface area contributed by atoms with Crippen LogP contribution in [0.1, 0.15) is 12.8 Å². The highest BCUT2D eigenvalue weighted by Gasteiger charge is 2.05. The van der Waals surface area contributed by atoms with Gasteiger partial charge in [-0.3, -0.25) is 9.52 Å². The number of carbonyl (C=O) groups excluding carboxylic acids is 1. The SMILES string of the molecule is CS(=O)(=O)Nc1cccc(NC(=O)CCCN)c1.Cl. The van der Waals surface area contributed by atoms with Gasteiger partial charge in [0.1, 0.15) is 0 Å². The Morgan fingerprint density at radius 1 is 1.32 bits per heavy atom. The Morgan fingerprint density at radius 2 is 1.95 bits per heavy atom. The van der Waals surface area contributed by atoms with Gasteiger partial charge in [-0.05, 0) is 31.2 Å². The van der Waals surface area contributed by atoms with Crippen molar-refractivity contribution in [2.45, 2.75) is 12.8 Å². The van der Waals surface area contributed by atoms with E-state index in [9.17, 15) is 13.2 Å². The number of halogens is 1. The van der Waals surface area contributed by atoms with Gasteiger partial charge in [0, 0.05) is 12.1 Å². The fourth-order valence-electron chi connectivity index (χ4n) is 1.36. The summed E-state index contributed by atoms with van der Waals surface area (Å²) in [4.78, 5) is 11.5. The molecule has 1 aromatic rings. The highest BCUT2D eigenvalue weighted by Crippen LogP contribution is 2.16. The van der Waals surface area contributed by atoms with Gasteiger partial charge in [-0.15, -0.1) is 12.4 Å². The normalized spacial score (nSPS) is 10.4. The third-order valence-corrected chi connectivity index (χ3v) is 2.66. The van der Waals surface area contributed by atoms with E-state index in [1.165, 1.54) is 0 Å². The fourth-order valence-corrected chi connectivity index (χ4v) is 1.92. The highest BCUT2D eigenvalue weighted by molar-refractivity contribution is 7.92. The van der Waals surface area contributed by atoms with Crippen molar-refractivity contribution in [3.8, 4) is 0 Å². The molecule has 1 aromatic carbocycles. The second-order valence-electron chi connectivity index (χ2n) is 3.90. The maximum Gasteiger partial charge on any atom is 0.229 e. The number of rotatable bonds is 6. The zero-order valence-electron chi connectivity index (χ0n) is 10.5. The van der Waals surface area contributed by atoms with Gasteiger partial charge in [0.15, 0.2) is 0 Å². The Hall–Kier alpha value is -1.31. The zero-order chi connectivity index (χ0) is 13.6. The predicted octanol–water partition coefficient (Wildman–Crippen LogP) is 1.16. The minimum atomic E-state index is -3.32. The summed E-state index contributed by atoms with van der Waals surface area (Å²) in [5.74, 6) is -0.142. The van der Waals surface area contributed by atoms with Crippen LogP contribution in [0.15, 0.2) is 24.3 Å². The van der Waals surface area contributed by atoms with Gasteiger partial charge in [-0.2, -0.15) is 0 Å². The molecule has 0 saturated carbocycles. The first-order valence-electron chi connectivity index (χ1n) is 5.48. The number of anilines is 2. The first-order valence-corrected chi connectivity index (χ1v) is 7.37. The third kappa shape index (κ3) is 7.66. The van der Waals surface area contributed by atoms with E-state index in [0.29, 0.717) is 30.8 Å². The van der Waals surface area contributed by atoms with Crippen LogP contribution in [-0.2, 0) is 14.8 Å². The van der Waals surface area contributed by atoms with Crippen LogP contribution in [0.4, 0.5) is 11.4 Å². The lowest BCUT2D eigenvalue weighted by Crippen LogP contribution is -2.14. The van der Waals surface area contributed by atoms with Crippen molar-refractivity contribution in [3.05, 3.63) is 24.3 Å². The van der Waals surface area contributed by atoms with Gasteiger partial charge < -0.3 is 11.1 Å². The van der Waals surface area contributed by atoms with Gasteiger partial charge in [0.25, 0.3) is 0 Å². The summed E-state index contributed by atoms with van der Waals surface area (Å²) in [6, 6.07) is 6.51. The van der Waals surface area contributed by atoms with Crippen LogP contribution < -0.4 is 15.8 Å². The fraction of sp³-hybridized carbons (Fsp3) is 0.364. The lowest BCUT2D eigenvalue weighted by atomic mass is 10.2. The van der Waals surface area contributed by atoms with Crippen LogP contribution in [0.2, 0.25) is 0 Å². The van der Waals surface area contributed by atoms with E-state index >= 15 is 0 Å². The van der Waals surface area contributed by atoms with E-state index in [2.05, 4.69) is 10.0 Å². The molecule has 19 heavy (non-hydrogen) atoms. The van der Waals surface area contributed by atoms with E-state index in [1.807, 2.05) is 0 Å². The Bertz CT molecular complexity index is 520. The standard InChI is InChI=1S/C11H17N3O3S.ClH/c1-18(16,17)14-10-5-2-4-9(8-10)13-11(15)6-3-7-12;/h2,4-5,8,14H,3,6-7,12H2,1H3,(H,13,15);1H. The molecule has 0 saturated heterocycles. The number of sulfonamides is 1. The minimum absolute atomic E-state index is 0. The molecule has 0 atom stereocenters. The molecule has 0 radical (unpaired) electrons. The Morgan fingerprint density at radius 3 is 2.53 bits per heavy atom. The topological polar surface area (TPSA) is 101 Å². The molecule has 108 valence electrons. The average Bonchev–Trinajstić information content (AvgIpc) is 2.24. The minimum Gasteiger partial charge on any atom is -0.330 e. The summed E-state index contributed by atoms with van der Waals surface area (Å²) in [6.07, 6.45) is 2.03. The average molecular weight is 308 g/mol. The van der Waals surface area contributed by atoms with E-state index in [-0.39, 0.29) is 18.3 Å². The second-order valence-corrected chi connectivity index (χ2v) is 5.64. The number of hydrogen-bond donors (Lipinski definition) is 3. The number of amides is 1. The first kappa shape index (κ1) is 17.7. The van der Waals surface area contributed by atoms with Crippen molar-refractivity contribution < 1.29 is 13.2 Å². The summed E-state index contributed by atoms with van der Waals surface area (Å²) in [5, 5.41) is 2.67. The third-order valence-electron chi connectivity index (χ3n) is 2.06. The van der Waals surface area contributed by atoms with Gasteiger partial charge >= 0.3 is 0 Å². The molecule has 0 unspecified atom stereocenters. The molecule has 0 aliphatic carbocycles. The van der Waals surface area contributed by atoms with Crippen molar-refractivity contribution in [1.29, 1.82) is 0 Å². The van der Waals surface area contributed by atoms with Crippen molar-refractivity contribution in [2.24, 2.45) is 5.73 Å². The molecule has 1 amide bonds. The van der Waals surface area contributed by atoms with Crippen LogP contribution in [0.3, 0.4) is 0 Å². The molecule has 8 heteroatoms. The number of hydrogen-bond acceptors (Lipinski definition) is 4. The summed E-state index contributed by atoms with van der Waals surface area (Å²) in [7, 11) is -3.32. The molecular weight excluding hydrogens is 290 g/mol. The summed E-state index contributed by atoms with van der Waals surface area (Å²) < 4.78 is 24.5. The van der Waals surface area contributed by atoms with Gasteiger partial charge in [-0.1, -0.05) is 6.07 Å². The molecule has 4 N–H and O–H groups in total. The van der Waals surface area contributed by atoms with Crippen LogP contribution in [0, 0.1) is 0 Å². The van der Waals surface area contributed by atoms with Crippen molar-refractivity contribution in [3.63, 3.8) is 0 Å². The first-order chi connectivity index (χ1) is 8.40. The summed E-state index contributed by atoms with van der Waals surface area (Å²) in [6.45, 7) is 0.461. The molecule has 0 bridgehead atoms. The summed E-state index contributed by atoms with van der Waals surface area (Å²) in [5.41, 5.74) is 6.27. The van der Waals surface area contributed by atoms with Crippen molar-refractivity contribution in [2.75, 3.05) is 22.8 Å². The number of benzene rings is 1. The van der Waals surface area contributed by atoms with Gasteiger partial charge in [0.05, 0.1) is 11.9 Å². The Balaban J connectivity index is 0.00000324. The molecule has 0 spiro atoms. The molecule has 0 aliphatic rings. The van der Waals surface area contributed by atoms with Crippen molar-refractivity contribution >= 4 is 39.7 Å². The highest BCUT2D eigenvalue weighted by atomic mass is 35.5. The van der Waals surface area contributed by atoms with Crippen molar-refractivity contribution in [1.82, 2.24) is 0 Å². The molecule has 0 fully saturated rings. The summed E-state index contributed by atoms with van der Waals surface area (Å²) >= 11 is 0. The molecule has 6 nitrogen and oxygen atoms in total. The largest absolute Gasteiger partial charge is 0.330 e. The van der Waals surface area contributed by atoms with Crippen LogP contribution in [0.25, 0.3) is 0 Å². The lowest BCUT2D eigenvalue weighted by molar-refractivity contribution is -0.116. The van der Waals surface area contributed by atoms with Crippen LogP contribution in [-0.4, -0.2) is 27.1 Å². The van der Waals surface area contributed by atoms with E-state index in [1.54, 1.807) is 24.3 Å². The maximum absolute atomic E-state index is 11.5. The molecule has 0 heterocycles. The molecule has 0 aliphatic heterocycles. The molecule has 0 aromatic heterocycles. The Labute approximate surface area is 119 Å².